The lowest BCUT2D eigenvalue weighted by molar-refractivity contribution is 0.280. The summed E-state index contributed by atoms with van der Waals surface area (Å²) in [5, 5.41) is 9.96. The summed E-state index contributed by atoms with van der Waals surface area (Å²) in [7, 11) is 3.29. The van der Waals surface area contributed by atoms with E-state index in [-0.39, 0.29) is 5.75 Å². The van der Waals surface area contributed by atoms with E-state index in [9.17, 15) is 5.11 Å². The lowest BCUT2D eigenvalue weighted by atomic mass is 9.86. The van der Waals surface area contributed by atoms with Crippen molar-refractivity contribution in [2.75, 3.05) is 27.3 Å². The van der Waals surface area contributed by atoms with Crippen LogP contribution in [0.25, 0.3) is 11.1 Å². The highest BCUT2D eigenvalue weighted by atomic mass is 16.5. The molecule has 1 atom stereocenters. The second kappa shape index (κ2) is 7.04. The van der Waals surface area contributed by atoms with Crippen molar-refractivity contribution >= 4 is 11.1 Å². The Morgan fingerprint density at radius 1 is 0.962 bits per heavy atom. The molecule has 4 nitrogen and oxygen atoms in total. The molecule has 136 valence electrons. The van der Waals surface area contributed by atoms with Gasteiger partial charge in [-0.15, -0.1) is 0 Å². The highest BCUT2D eigenvalue weighted by Gasteiger charge is 2.32. The van der Waals surface area contributed by atoms with E-state index in [1.54, 1.807) is 20.3 Å². The van der Waals surface area contributed by atoms with E-state index in [0.29, 0.717) is 11.8 Å². The third kappa shape index (κ3) is 3.06. The van der Waals surface area contributed by atoms with Crippen LogP contribution in [0.1, 0.15) is 30.4 Å². The van der Waals surface area contributed by atoms with E-state index >= 15 is 0 Å². The Labute approximate surface area is 154 Å². The molecular formula is C22H25NO3. The van der Waals surface area contributed by atoms with Gasteiger partial charge in [0.1, 0.15) is 5.75 Å². The number of phenols is 1. The van der Waals surface area contributed by atoms with E-state index in [2.05, 4.69) is 17.0 Å². The third-order valence-electron chi connectivity index (χ3n) is 5.63. The number of benzene rings is 2. The van der Waals surface area contributed by atoms with Crippen LogP contribution in [0.5, 0.6) is 17.2 Å². The molecule has 2 aromatic rings. The zero-order valence-corrected chi connectivity index (χ0v) is 15.4. The standard InChI is InChI=1S/C22H25NO3/c1-25-18-8-5-15(6-9-18)19-13-17-4-3-11-23(17)14-20(19)16-7-10-21(24)22(12-16)26-2/h5-10,12,17,24H,3-4,11,13-14H2,1-2H3. The van der Waals surface area contributed by atoms with Crippen LogP contribution >= 0.6 is 0 Å². The number of phenolic OH excluding ortho intramolecular Hbond substituents is 1. The van der Waals surface area contributed by atoms with Gasteiger partial charge in [0, 0.05) is 12.6 Å². The molecule has 26 heavy (non-hydrogen) atoms. The Morgan fingerprint density at radius 2 is 1.73 bits per heavy atom. The summed E-state index contributed by atoms with van der Waals surface area (Å²) in [6, 6.07) is 14.7. The molecule has 4 heteroatoms. The minimum Gasteiger partial charge on any atom is -0.504 e. The Hall–Kier alpha value is -2.46. The van der Waals surface area contributed by atoms with Gasteiger partial charge in [0.05, 0.1) is 14.2 Å². The first-order chi connectivity index (χ1) is 12.7. The Bertz CT molecular complexity index is 826. The molecule has 0 aliphatic carbocycles. The molecule has 2 aliphatic heterocycles. The number of aromatic hydroxyl groups is 1. The average molecular weight is 351 g/mol. The summed E-state index contributed by atoms with van der Waals surface area (Å²) >= 11 is 0. The van der Waals surface area contributed by atoms with E-state index < -0.39 is 0 Å². The second-order valence-electron chi connectivity index (χ2n) is 7.04. The van der Waals surface area contributed by atoms with Crippen LogP contribution in [-0.4, -0.2) is 43.4 Å². The van der Waals surface area contributed by atoms with E-state index in [1.807, 2.05) is 24.3 Å². The smallest absolute Gasteiger partial charge is 0.161 e. The van der Waals surface area contributed by atoms with E-state index in [4.69, 9.17) is 9.47 Å². The van der Waals surface area contributed by atoms with Gasteiger partial charge in [-0.05, 0) is 72.3 Å². The van der Waals surface area contributed by atoms with E-state index in [0.717, 1.165) is 24.3 Å². The lowest BCUT2D eigenvalue weighted by Gasteiger charge is -2.34. The normalized spacial score (nSPS) is 20.2. The summed E-state index contributed by atoms with van der Waals surface area (Å²) in [4.78, 5) is 2.59. The van der Waals surface area contributed by atoms with Gasteiger partial charge in [0.15, 0.2) is 11.5 Å². The first-order valence-corrected chi connectivity index (χ1v) is 9.17. The summed E-state index contributed by atoms with van der Waals surface area (Å²) in [6.45, 7) is 2.11. The average Bonchev–Trinajstić information content (AvgIpc) is 3.15. The van der Waals surface area contributed by atoms with Gasteiger partial charge >= 0.3 is 0 Å². The predicted molar refractivity (Wildman–Crippen MR) is 104 cm³/mol. The number of ether oxygens (including phenoxy) is 2. The van der Waals surface area contributed by atoms with E-state index in [1.165, 1.54) is 36.1 Å². The highest BCUT2D eigenvalue weighted by Crippen LogP contribution is 2.41. The molecule has 1 N–H and O–H groups in total. The molecule has 1 fully saturated rings. The number of hydrogen-bond acceptors (Lipinski definition) is 4. The SMILES string of the molecule is COc1ccc(C2=C(c3ccc(O)c(OC)c3)CN3CCCC3C2)cc1. The Kier molecular flexibility index (Phi) is 4.60. The first kappa shape index (κ1) is 17.0. The van der Waals surface area contributed by atoms with Crippen molar-refractivity contribution in [3.63, 3.8) is 0 Å². The summed E-state index contributed by atoms with van der Waals surface area (Å²) in [5.74, 6) is 1.57. The molecule has 2 heterocycles. The van der Waals surface area contributed by atoms with Gasteiger partial charge in [0.2, 0.25) is 0 Å². The van der Waals surface area contributed by atoms with Crippen LogP contribution in [0.4, 0.5) is 0 Å². The molecule has 2 aliphatic rings. The van der Waals surface area contributed by atoms with Crippen molar-refractivity contribution in [3.05, 3.63) is 53.6 Å². The third-order valence-corrected chi connectivity index (χ3v) is 5.63. The predicted octanol–water partition coefficient (Wildman–Crippen LogP) is 4.19. The molecule has 2 aromatic carbocycles. The maximum absolute atomic E-state index is 9.96. The molecule has 0 aromatic heterocycles. The van der Waals surface area contributed by atoms with Crippen molar-refractivity contribution in [2.24, 2.45) is 0 Å². The quantitative estimate of drug-likeness (QED) is 0.897. The maximum atomic E-state index is 9.96. The molecule has 1 saturated heterocycles. The second-order valence-corrected chi connectivity index (χ2v) is 7.04. The lowest BCUT2D eigenvalue weighted by Crippen LogP contribution is -2.35. The zero-order valence-electron chi connectivity index (χ0n) is 15.4. The fourth-order valence-electron chi connectivity index (χ4n) is 4.21. The zero-order chi connectivity index (χ0) is 18.1. The van der Waals surface area contributed by atoms with Gasteiger partial charge in [-0.2, -0.15) is 0 Å². The topological polar surface area (TPSA) is 41.9 Å². The number of fused-ring (bicyclic) bond motifs is 1. The minimum absolute atomic E-state index is 0.178. The Morgan fingerprint density at radius 3 is 2.46 bits per heavy atom. The van der Waals surface area contributed by atoms with Gasteiger partial charge in [0.25, 0.3) is 0 Å². The van der Waals surface area contributed by atoms with Crippen molar-refractivity contribution in [2.45, 2.75) is 25.3 Å². The number of methoxy groups -OCH3 is 2. The van der Waals surface area contributed by atoms with Gasteiger partial charge in [-0.1, -0.05) is 18.2 Å². The first-order valence-electron chi connectivity index (χ1n) is 9.17. The molecule has 4 rings (SSSR count). The van der Waals surface area contributed by atoms with Crippen LogP contribution < -0.4 is 9.47 Å². The fourth-order valence-corrected chi connectivity index (χ4v) is 4.21. The van der Waals surface area contributed by atoms with Gasteiger partial charge in [-0.25, -0.2) is 0 Å². The van der Waals surface area contributed by atoms with Crippen LogP contribution in [0.15, 0.2) is 42.5 Å². The summed E-state index contributed by atoms with van der Waals surface area (Å²) in [6.07, 6.45) is 3.60. The monoisotopic (exact) mass is 351 g/mol. The minimum atomic E-state index is 0.178. The van der Waals surface area contributed by atoms with Gasteiger partial charge < -0.3 is 14.6 Å². The largest absolute Gasteiger partial charge is 0.504 e. The highest BCUT2D eigenvalue weighted by molar-refractivity contribution is 5.93. The molecule has 0 radical (unpaired) electrons. The van der Waals surface area contributed by atoms with Crippen molar-refractivity contribution in [3.8, 4) is 17.2 Å². The molecule has 0 bridgehead atoms. The maximum Gasteiger partial charge on any atom is 0.161 e. The number of nitrogens with zero attached hydrogens (tertiary/aromatic N) is 1. The van der Waals surface area contributed by atoms with Gasteiger partial charge in [-0.3, -0.25) is 4.90 Å². The molecular weight excluding hydrogens is 326 g/mol. The molecule has 1 unspecified atom stereocenters. The van der Waals surface area contributed by atoms with Crippen molar-refractivity contribution in [1.82, 2.24) is 4.90 Å². The number of hydrogen-bond donors (Lipinski definition) is 1. The molecule has 0 spiro atoms. The van der Waals surface area contributed by atoms with Crippen LogP contribution in [-0.2, 0) is 0 Å². The van der Waals surface area contributed by atoms with Crippen molar-refractivity contribution in [1.29, 1.82) is 0 Å². The summed E-state index contributed by atoms with van der Waals surface area (Å²) < 4.78 is 10.6. The molecule has 0 amide bonds. The van der Waals surface area contributed by atoms with Crippen molar-refractivity contribution < 1.29 is 14.6 Å². The van der Waals surface area contributed by atoms with Crippen LogP contribution in [0, 0.1) is 0 Å². The fraction of sp³-hybridized carbons (Fsp3) is 0.364. The summed E-state index contributed by atoms with van der Waals surface area (Å²) in [5.41, 5.74) is 5.09. The Balaban J connectivity index is 1.81. The number of rotatable bonds is 4. The van der Waals surface area contributed by atoms with Crippen LogP contribution in [0.2, 0.25) is 0 Å². The molecule has 0 saturated carbocycles. The van der Waals surface area contributed by atoms with Crippen LogP contribution in [0.3, 0.4) is 0 Å².